The summed E-state index contributed by atoms with van der Waals surface area (Å²) in [7, 11) is 1.67. The standard InChI is InChI=1S/C23H32ClNO2.ClH/c1-22(2,3)16-23(4,5)25-14-18-9-12-20(21(13-18)26-6)27-15-17-7-10-19(24)11-8-17;/h7-13,25H,14-16H2,1-6H3;1H. The fourth-order valence-electron chi connectivity index (χ4n) is 3.41. The van der Waals surface area contributed by atoms with Gasteiger partial charge in [-0.2, -0.15) is 0 Å². The van der Waals surface area contributed by atoms with Crippen molar-refractivity contribution in [1.82, 2.24) is 5.32 Å². The van der Waals surface area contributed by atoms with E-state index < -0.39 is 0 Å². The summed E-state index contributed by atoms with van der Waals surface area (Å²) in [5, 5.41) is 4.38. The van der Waals surface area contributed by atoms with Crippen molar-refractivity contribution in [1.29, 1.82) is 0 Å². The van der Waals surface area contributed by atoms with Gasteiger partial charge in [-0.25, -0.2) is 0 Å². The van der Waals surface area contributed by atoms with Gasteiger partial charge >= 0.3 is 0 Å². The normalized spacial score (nSPS) is 11.7. The van der Waals surface area contributed by atoms with Crippen LogP contribution in [0.25, 0.3) is 0 Å². The van der Waals surface area contributed by atoms with Gasteiger partial charge in [-0.3, -0.25) is 0 Å². The third-order valence-electron chi connectivity index (χ3n) is 4.28. The van der Waals surface area contributed by atoms with Crippen LogP contribution >= 0.6 is 24.0 Å². The molecule has 0 aliphatic rings. The average Bonchev–Trinajstić information content (AvgIpc) is 2.58. The van der Waals surface area contributed by atoms with E-state index in [1.54, 1.807) is 7.11 Å². The summed E-state index contributed by atoms with van der Waals surface area (Å²) in [6.45, 7) is 12.6. The molecule has 0 aliphatic carbocycles. The van der Waals surface area contributed by atoms with E-state index in [9.17, 15) is 0 Å². The van der Waals surface area contributed by atoms with Crippen LogP contribution < -0.4 is 14.8 Å². The molecule has 0 bridgehead atoms. The Morgan fingerprint density at radius 2 is 1.50 bits per heavy atom. The van der Waals surface area contributed by atoms with Gasteiger partial charge in [0.25, 0.3) is 0 Å². The summed E-state index contributed by atoms with van der Waals surface area (Å²) in [6, 6.07) is 13.8. The molecule has 0 aliphatic heterocycles. The first-order valence-corrected chi connectivity index (χ1v) is 9.75. The molecule has 0 fully saturated rings. The maximum Gasteiger partial charge on any atom is 0.161 e. The fraction of sp³-hybridized carbons (Fsp3) is 0.478. The smallest absolute Gasteiger partial charge is 0.161 e. The summed E-state index contributed by atoms with van der Waals surface area (Å²) in [6.07, 6.45) is 1.10. The maximum atomic E-state index is 5.93. The molecule has 0 saturated carbocycles. The Labute approximate surface area is 181 Å². The van der Waals surface area contributed by atoms with Gasteiger partial charge in [0.15, 0.2) is 11.5 Å². The van der Waals surface area contributed by atoms with Crippen molar-refractivity contribution in [3.8, 4) is 11.5 Å². The maximum absolute atomic E-state index is 5.93. The molecule has 2 aromatic carbocycles. The molecule has 0 aromatic heterocycles. The topological polar surface area (TPSA) is 30.5 Å². The Morgan fingerprint density at radius 3 is 2.07 bits per heavy atom. The second-order valence-electron chi connectivity index (χ2n) is 8.88. The Hall–Kier alpha value is -1.42. The zero-order chi connectivity index (χ0) is 20.1. The van der Waals surface area contributed by atoms with Crippen LogP contribution in [0.15, 0.2) is 42.5 Å². The average molecular weight is 426 g/mol. The molecule has 3 nitrogen and oxygen atoms in total. The van der Waals surface area contributed by atoms with E-state index in [4.69, 9.17) is 21.1 Å². The third kappa shape index (κ3) is 8.30. The van der Waals surface area contributed by atoms with Crippen molar-refractivity contribution < 1.29 is 9.47 Å². The summed E-state index contributed by atoms with van der Waals surface area (Å²) >= 11 is 5.92. The lowest BCUT2D eigenvalue weighted by molar-refractivity contribution is 0.240. The van der Waals surface area contributed by atoms with Crippen LogP contribution in [0.1, 0.15) is 52.2 Å². The molecule has 28 heavy (non-hydrogen) atoms. The summed E-state index contributed by atoms with van der Waals surface area (Å²) < 4.78 is 11.5. The number of halogens is 2. The lowest BCUT2D eigenvalue weighted by Crippen LogP contribution is -2.41. The van der Waals surface area contributed by atoms with Gasteiger partial charge in [-0.05, 0) is 61.1 Å². The summed E-state index contributed by atoms with van der Waals surface area (Å²) in [5.41, 5.74) is 2.59. The minimum absolute atomic E-state index is 0. The first-order chi connectivity index (χ1) is 12.6. The largest absolute Gasteiger partial charge is 0.493 e. The van der Waals surface area contributed by atoms with Crippen LogP contribution in [0.5, 0.6) is 11.5 Å². The fourth-order valence-corrected chi connectivity index (χ4v) is 3.54. The molecule has 2 aromatic rings. The second-order valence-corrected chi connectivity index (χ2v) is 9.31. The molecule has 0 atom stereocenters. The molecule has 0 unspecified atom stereocenters. The summed E-state index contributed by atoms with van der Waals surface area (Å²) in [4.78, 5) is 0. The molecule has 0 amide bonds. The highest BCUT2D eigenvalue weighted by Crippen LogP contribution is 2.30. The zero-order valence-electron chi connectivity index (χ0n) is 17.8. The van der Waals surface area contributed by atoms with Crippen LogP contribution in [-0.4, -0.2) is 12.6 Å². The van der Waals surface area contributed by atoms with Gasteiger partial charge in [0.05, 0.1) is 7.11 Å². The monoisotopic (exact) mass is 425 g/mol. The van der Waals surface area contributed by atoms with Crippen LogP contribution in [0.2, 0.25) is 5.02 Å². The van der Waals surface area contributed by atoms with Crippen molar-refractivity contribution in [2.24, 2.45) is 5.41 Å². The van der Waals surface area contributed by atoms with E-state index in [1.165, 1.54) is 5.56 Å². The lowest BCUT2D eigenvalue weighted by atomic mass is 9.82. The van der Waals surface area contributed by atoms with E-state index >= 15 is 0 Å². The quantitative estimate of drug-likeness (QED) is 0.512. The molecular formula is C23H33Cl2NO2. The second kappa shape index (κ2) is 10.4. The molecule has 1 N–H and O–H groups in total. The van der Waals surface area contributed by atoms with E-state index in [0.717, 1.165) is 35.1 Å². The molecule has 0 spiro atoms. The van der Waals surface area contributed by atoms with Crippen LogP contribution in [0.3, 0.4) is 0 Å². The molecular weight excluding hydrogens is 393 g/mol. The molecule has 0 saturated heterocycles. The Kier molecular flexibility index (Phi) is 9.13. The van der Waals surface area contributed by atoms with Gasteiger partial charge < -0.3 is 14.8 Å². The van der Waals surface area contributed by atoms with E-state index in [1.807, 2.05) is 36.4 Å². The molecule has 156 valence electrons. The third-order valence-corrected chi connectivity index (χ3v) is 4.53. The first kappa shape index (κ1) is 24.6. The minimum atomic E-state index is 0. The van der Waals surface area contributed by atoms with Gasteiger partial charge in [0, 0.05) is 17.1 Å². The summed E-state index contributed by atoms with van der Waals surface area (Å²) in [5.74, 6) is 1.49. The first-order valence-electron chi connectivity index (χ1n) is 9.37. The van der Waals surface area contributed by atoms with E-state index in [-0.39, 0.29) is 23.4 Å². The van der Waals surface area contributed by atoms with Gasteiger partial charge in [0.2, 0.25) is 0 Å². The van der Waals surface area contributed by atoms with E-state index in [0.29, 0.717) is 6.61 Å². The van der Waals surface area contributed by atoms with Gasteiger partial charge in [-0.1, -0.05) is 50.6 Å². The Morgan fingerprint density at radius 1 is 0.893 bits per heavy atom. The van der Waals surface area contributed by atoms with E-state index in [2.05, 4.69) is 46.0 Å². The lowest BCUT2D eigenvalue weighted by Gasteiger charge is -2.33. The Balaban J connectivity index is 0.00000392. The van der Waals surface area contributed by atoms with Crippen molar-refractivity contribution in [3.63, 3.8) is 0 Å². The molecule has 2 rings (SSSR count). The van der Waals surface area contributed by atoms with Crippen molar-refractivity contribution in [2.75, 3.05) is 7.11 Å². The number of ether oxygens (including phenoxy) is 2. The predicted molar refractivity (Wildman–Crippen MR) is 121 cm³/mol. The Bertz CT molecular complexity index is 737. The number of hydrogen-bond donors (Lipinski definition) is 1. The van der Waals surface area contributed by atoms with Crippen molar-refractivity contribution in [2.45, 2.75) is 59.7 Å². The van der Waals surface area contributed by atoms with Crippen molar-refractivity contribution in [3.05, 3.63) is 58.6 Å². The highest BCUT2D eigenvalue weighted by molar-refractivity contribution is 6.30. The molecule has 0 heterocycles. The van der Waals surface area contributed by atoms with Gasteiger partial charge in [-0.15, -0.1) is 12.4 Å². The number of nitrogens with one attached hydrogen (secondary N) is 1. The highest BCUT2D eigenvalue weighted by Gasteiger charge is 2.24. The highest BCUT2D eigenvalue weighted by atomic mass is 35.5. The van der Waals surface area contributed by atoms with Crippen LogP contribution in [0.4, 0.5) is 0 Å². The minimum Gasteiger partial charge on any atom is -0.493 e. The predicted octanol–water partition coefficient (Wildman–Crippen LogP) is 6.65. The van der Waals surface area contributed by atoms with Crippen LogP contribution in [-0.2, 0) is 13.2 Å². The molecule has 5 heteroatoms. The molecule has 0 radical (unpaired) electrons. The van der Waals surface area contributed by atoms with Crippen LogP contribution in [0, 0.1) is 5.41 Å². The number of benzene rings is 2. The zero-order valence-corrected chi connectivity index (χ0v) is 19.3. The van der Waals surface area contributed by atoms with Gasteiger partial charge in [0.1, 0.15) is 6.61 Å². The van der Waals surface area contributed by atoms with Crippen molar-refractivity contribution >= 4 is 24.0 Å². The number of methoxy groups -OCH3 is 1. The number of hydrogen-bond acceptors (Lipinski definition) is 3. The number of rotatable bonds is 8. The SMILES string of the molecule is COc1cc(CNC(C)(C)CC(C)(C)C)ccc1OCc1ccc(Cl)cc1.Cl.